The molecule has 6 nitrogen and oxygen atoms in total. The first-order valence-corrected chi connectivity index (χ1v) is 10.0. The summed E-state index contributed by atoms with van der Waals surface area (Å²) in [6.45, 7) is 6.82. The van der Waals surface area contributed by atoms with E-state index in [1.165, 1.54) is 22.0 Å². The van der Waals surface area contributed by atoms with Gasteiger partial charge in [-0.1, -0.05) is 56.8 Å². The number of hydrogen-bond acceptors (Lipinski definition) is 6. The van der Waals surface area contributed by atoms with Crippen LogP contribution >= 0.6 is 11.8 Å². The lowest BCUT2D eigenvalue weighted by atomic mass is 9.87. The summed E-state index contributed by atoms with van der Waals surface area (Å²) in [6.07, 6.45) is 0. The van der Waals surface area contributed by atoms with Gasteiger partial charge in [-0.3, -0.25) is 0 Å². The van der Waals surface area contributed by atoms with Crippen LogP contribution in [0.3, 0.4) is 0 Å². The highest BCUT2D eigenvalue weighted by Gasteiger charge is 2.14. The minimum absolute atomic E-state index is 0.116. The zero-order chi connectivity index (χ0) is 20.1. The van der Waals surface area contributed by atoms with E-state index in [2.05, 4.69) is 43.1 Å². The van der Waals surface area contributed by atoms with Gasteiger partial charge in [-0.15, -0.1) is 10.2 Å². The van der Waals surface area contributed by atoms with Gasteiger partial charge in [0.25, 0.3) is 0 Å². The molecule has 148 valence electrons. The van der Waals surface area contributed by atoms with Crippen LogP contribution in [-0.4, -0.2) is 22.0 Å². The Bertz CT molecular complexity index is 917. The molecule has 0 bridgehead atoms. The molecule has 0 aliphatic heterocycles. The van der Waals surface area contributed by atoms with Crippen molar-refractivity contribution in [2.45, 2.75) is 43.7 Å². The molecular weight excluding hydrogens is 372 g/mol. The molecule has 0 fully saturated rings. The van der Waals surface area contributed by atoms with Gasteiger partial charge in [0, 0.05) is 5.75 Å². The summed E-state index contributed by atoms with van der Waals surface area (Å²) in [6, 6.07) is 16.0. The zero-order valence-electron chi connectivity index (χ0n) is 16.7. The Kier molecular flexibility index (Phi) is 6.14. The first-order chi connectivity index (χ1) is 13.4. The number of ether oxygens (including phenoxy) is 2. The lowest BCUT2D eigenvalue weighted by molar-refractivity contribution is 0.291. The van der Waals surface area contributed by atoms with Crippen molar-refractivity contribution >= 4 is 11.8 Å². The van der Waals surface area contributed by atoms with Crippen molar-refractivity contribution in [2.24, 2.45) is 0 Å². The number of hydrogen-bond donors (Lipinski definition) is 1. The molecule has 0 saturated carbocycles. The zero-order valence-corrected chi connectivity index (χ0v) is 17.5. The van der Waals surface area contributed by atoms with Crippen LogP contribution in [-0.2, 0) is 17.8 Å². The minimum Gasteiger partial charge on any atom is -0.497 e. The van der Waals surface area contributed by atoms with Crippen LogP contribution in [0.25, 0.3) is 0 Å². The molecule has 1 aromatic heterocycles. The van der Waals surface area contributed by atoms with Crippen LogP contribution in [0.5, 0.6) is 11.5 Å². The van der Waals surface area contributed by atoms with Crippen molar-refractivity contribution in [3.8, 4) is 11.5 Å². The summed E-state index contributed by atoms with van der Waals surface area (Å²) in [7, 11) is 1.66. The maximum absolute atomic E-state index is 6.14. The number of nitrogen functional groups attached to an aromatic ring is 1. The molecule has 3 aromatic rings. The van der Waals surface area contributed by atoms with E-state index in [4.69, 9.17) is 15.3 Å². The molecule has 3 rings (SSSR count). The van der Waals surface area contributed by atoms with Gasteiger partial charge >= 0.3 is 0 Å². The minimum atomic E-state index is 0.116. The number of methoxy groups -OCH3 is 1. The Hall–Kier alpha value is -2.67. The van der Waals surface area contributed by atoms with Crippen molar-refractivity contribution in [3.05, 3.63) is 65.5 Å². The van der Waals surface area contributed by atoms with Crippen molar-refractivity contribution in [1.82, 2.24) is 14.9 Å². The summed E-state index contributed by atoms with van der Waals surface area (Å²) in [5.41, 5.74) is 2.51. The number of thioether (sulfide) groups is 1. The predicted molar refractivity (Wildman–Crippen MR) is 112 cm³/mol. The second-order valence-electron chi connectivity index (χ2n) is 7.47. The van der Waals surface area contributed by atoms with Gasteiger partial charge in [0.05, 0.1) is 7.11 Å². The third-order valence-electron chi connectivity index (χ3n) is 4.33. The third kappa shape index (κ3) is 4.98. The van der Waals surface area contributed by atoms with Gasteiger partial charge in [0.1, 0.15) is 18.1 Å². The lowest BCUT2D eigenvalue weighted by Crippen LogP contribution is -2.16. The van der Waals surface area contributed by atoms with Crippen molar-refractivity contribution in [2.75, 3.05) is 13.0 Å². The lowest BCUT2D eigenvalue weighted by Gasteiger charge is -2.19. The number of nitrogens with two attached hydrogens (primary N) is 1. The second kappa shape index (κ2) is 8.56. The highest BCUT2D eigenvalue weighted by atomic mass is 32.2. The van der Waals surface area contributed by atoms with Gasteiger partial charge in [-0.2, -0.15) is 0 Å². The Balaban J connectivity index is 1.58. The molecular formula is C21H26N4O2S. The molecule has 0 atom stereocenters. The van der Waals surface area contributed by atoms with E-state index < -0.39 is 0 Å². The van der Waals surface area contributed by atoms with Crippen molar-refractivity contribution < 1.29 is 9.47 Å². The molecule has 0 unspecified atom stereocenters. The molecule has 0 saturated heterocycles. The third-order valence-corrected chi connectivity index (χ3v) is 5.34. The number of aromatic nitrogens is 3. The van der Waals surface area contributed by atoms with Crippen LogP contribution in [0.15, 0.2) is 53.7 Å². The van der Waals surface area contributed by atoms with Gasteiger partial charge in [-0.05, 0) is 40.8 Å². The predicted octanol–water partition coefficient (Wildman–Crippen LogP) is 4.17. The number of rotatable bonds is 7. The highest BCUT2D eigenvalue weighted by molar-refractivity contribution is 7.98. The number of nitrogens with zero attached hydrogens (tertiary/aromatic N) is 3. The quantitative estimate of drug-likeness (QED) is 0.476. The van der Waals surface area contributed by atoms with Crippen LogP contribution in [0.4, 0.5) is 0 Å². The summed E-state index contributed by atoms with van der Waals surface area (Å²) in [5.74, 6) is 9.05. The Morgan fingerprint density at radius 3 is 2.46 bits per heavy atom. The van der Waals surface area contributed by atoms with Crippen LogP contribution < -0.4 is 15.3 Å². The highest BCUT2D eigenvalue weighted by Crippen LogP contribution is 2.25. The standard InChI is InChI=1S/C21H26N4O2S/c1-21(2,3)16-8-10-17(11-9-16)27-13-19-23-24-20(25(19)22)28-14-15-6-5-7-18(12-15)26-4/h5-12H,13-14,22H2,1-4H3. The first-order valence-electron chi connectivity index (χ1n) is 9.05. The van der Waals surface area contributed by atoms with E-state index in [1.807, 2.05) is 36.4 Å². The normalized spacial score (nSPS) is 11.4. The molecule has 28 heavy (non-hydrogen) atoms. The molecule has 0 radical (unpaired) electrons. The van der Waals surface area contributed by atoms with Crippen LogP contribution in [0, 0.1) is 0 Å². The van der Waals surface area contributed by atoms with E-state index >= 15 is 0 Å². The summed E-state index contributed by atoms with van der Waals surface area (Å²) in [5, 5.41) is 8.97. The molecule has 0 amide bonds. The van der Waals surface area contributed by atoms with E-state index in [-0.39, 0.29) is 12.0 Å². The monoisotopic (exact) mass is 398 g/mol. The van der Waals surface area contributed by atoms with E-state index in [9.17, 15) is 0 Å². The summed E-state index contributed by atoms with van der Waals surface area (Å²) < 4.78 is 12.5. The maximum Gasteiger partial charge on any atom is 0.210 e. The Morgan fingerprint density at radius 2 is 1.79 bits per heavy atom. The van der Waals surface area contributed by atoms with E-state index in [1.54, 1.807) is 7.11 Å². The van der Waals surface area contributed by atoms with Crippen molar-refractivity contribution in [1.29, 1.82) is 0 Å². The molecule has 1 heterocycles. The molecule has 0 aliphatic rings. The second-order valence-corrected chi connectivity index (χ2v) is 8.41. The average Bonchev–Trinajstić information content (AvgIpc) is 3.04. The van der Waals surface area contributed by atoms with Gasteiger partial charge in [0.2, 0.25) is 5.16 Å². The fourth-order valence-corrected chi connectivity index (χ4v) is 3.43. The topological polar surface area (TPSA) is 75.2 Å². The summed E-state index contributed by atoms with van der Waals surface area (Å²) in [4.78, 5) is 0. The van der Waals surface area contributed by atoms with Crippen molar-refractivity contribution in [3.63, 3.8) is 0 Å². The van der Waals surface area contributed by atoms with E-state index in [0.717, 1.165) is 22.8 Å². The average molecular weight is 399 g/mol. The van der Waals surface area contributed by atoms with Gasteiger partial charge in [-0.25, -0.2) is 4.68 Å². The molecule has 2 aromatic carbocycles. The fraction of sp³-hybridized carbons (Fsp3) is 0.333. The van der Waals surface area contributed by atoms with Gasteiger partial charge < -0.3 is 15.3 Å². The number of benzene rings is 2. The van der Waals surface area contributed by atoms with E-state index in [0.29, 0.717) is 11.0 Å². The Morgan fingerprint density at radius 1 is 1.04 bits per heavy atom. The van der Waals surface area contributed by atoms with Gasteiger partial charge in [0.15, 0.2) is 5.82 Å². The Labute approximate surface area is 170 Å². The fourth-order valence-electron chi connectivity index (χ4n) is 2.61. The molecule has 7 heteroatoms. The SMILES string of the molecule is COc1cccc(CSc2nnc(COc3ccc(C(C)(C)C)cc3)n2N)c1. The summed E-state index contributed by atoms with van der Waals surface area (Å²) >= 11 is 1.52. The smallest absolute Gasteiger partial charge is 0.210 e. The van der Waals surface area contributed by atoms with Crippen LogP contribution in [0.2, 0.25) is 0 Å². The molecule has 2 N–H and O–H groups in total. The molecule has 0 aliphatic carbocycles. The first kappa shape index (κ1) is 20.1. The maximum atomic E-state index is 6.14. The van der Waals surface area contributed by atoms with Crippen LogP contribution in [0.1, 0.15) is 37.7 Å². The molecule has 0 spiro atoms. The largest absolute Gasteiger partial charge is 0.497 e.